The lowest BCUT2D eigenvalue weighted by molar-refractivity contribution is 0.0320. The summed E-state index contributed by atoms with van der Waals surface area (Å²) in [6, 6.07) is 0. The minimum absolute atomic E-state index is 0.0746. The van der Waals surface area contributed by atoms with Gasteiger partial charge in [0.05, 0.1) is 18.6 Å². The molecule has 0 aliphatic carbocycles. The highest BCUT2D eigenvalue weighted by Crippen LogP contribution is 2.27. The van der Waals surface area contributed by atoms with Gasteiger partial charge in [-0.2, -0.15) is 0 Å². The van der Waals surface area contributed by atoms with Gasteiger partial charge in [-0.15, -0.1) is 11.6 Å². The number of halogens is 1. The van der Waals surface area contributed by atoms with E-state index in [1.54, 1.807) is 13.8 Å². The molecule has 1 atom stereocenters. The largest absolute Gasteiger partial charge is 0.465 e. The lowest BCUT2D eigenvalue weighted by atomic mass is 10.3. The van der Waals surface area contributed by atoms with Crippen molar-refractivity contribution in [1.29, 1.82) is 0 Å². The molecule has 0 fully saturated rings. The molecule has 0 radical (unpaired) electrons. The van der Waals surface area contributed by atoms with Gasteiger partial charge in [-0.3, -0.25) is 0 Å². The molecule has 0 saturated carbocycles. The number of ether oxygens (including phenoxy) is 2. The van der Waals surface area contributed by atoms with Crippen LogP contribution in [0.4, 0.5) is 0 Å². The Bertz CT molecular complexity index is 540. The van der Waals surface area contributed by atoms with Crippen molar-refractivity contribution in [3.8, 4) is 0 Å². The number of rotatable bonds is 8. The molecule has 1 heterocycles. The van der Waals surface area contributed by atoms with Gasteiger partial charge >= 0.3 is 0 Å². The summed E-state index contributed by atoms with van der Waals surface area (Å²) in [7, 11) is -0.681. The molecule has 8 heteroatoms. The smallest absolute Gasteiger partial charge is 0.244 e. The molecule has 1 N–H and O–H groups in total. The average Bonchev–Trinajstić information content (AvgIpc) is 2.69. The summed E-state index contributed by atoms with van der Waals surface area (Å²) in [5.74, 6) is 0.912. The third-order valence-electron chi connectivity index (χ3n) is 2.91. The standard InChI is InChI=1S/C12H20ClNO5S/c1-8-11(5-13)12(9(2)19-8)20(15,16)14-6-10(18-4)7-17-3/h10,14H,5-7H2,1-4H3. The number of hydrogen-bond acceptors (Lipinski definition) is 5. The summed E-state index contributed by atoms with van der Waals surface area (Å²) < 4.78 is 42.6. The Labute approximate surface area is 124 Å². The zero-order valence-corrected chi connectivity index (χ0v) is 13.6. The van der Waals surface area contributed by atoms with Gasteiger partial charge in [-0.05, 0) is 13.8 Å². The normalized spacial score (nSPS) is 13.7. The van der Waals surface area contributed by atoms with Gasteiger partial charge in [0.1, 0.15) is 16.4 Å². The SMILES string of the molecule is COCC(CNS(=O)(=O)c1c(C)oc(C)c1CCl)OC. The Hall–Kier alpha value is -0.600. The molecule has 6 nitrogen and oxygen atoms in total. The highest BCUT2D eigenvalue weighted by molar-refractivity contribution is 7.89. The van der Waals surface area contributed by atoms with Gasteiger partial charge in [0.15, 0.2) is 0 Å². The predicted molar refractivity (Wildman–Crippen MR) is 75.6 cm³/mol. The predicted octanol–water partition coefficient (Wildman–Crippen LogP) is 1.57. The number of aryl methyl sites for hydroxylation is 2. The number of nitrogens with one attached hydrogen (secondary N) is 1. The van der Waals surface area contributed by atoms with Gasteiger partial charge in [0.25, 0.3) is 0 Å². The van der Waals surface area contributed by atoms with E-state index in [1.807, 2.05) is 0 Å². The van der Waals surface area contributed by atoms with Crippen molar-refractivity contribution in [2.24, 2.45) is 0 Å². The van der Waals surface area contributed by atoms with Gasteiger partial charge in [-0.25, -0.2) is 13.1 Å². The highest BCUT2D eigenvalue weighted by Gasteiger charge is 2.27. The van der Waals surface area contributed by atoms with E-state index < -0.39 is 10.0 Å². The maximum Gasteiger partial charge on any atom is 0.244 e. The van der Waals surface area contributed by atoms with Crippen molar-refractivity contribution in [1.82, 2.24) is 4.72 Å². The Morgan fingerprint density at radius 1 is 1.30 bits per heavy atom. The van der Waals surface area contributed by atoms with Crippen LogP contribution in [0.3, 0.4) is 0 Å². The molecular formula is C12H20ClNO5S. The van der Waals surface area contributed by atoms with Crippen molar-refractivity contribution < 1.29 is 22.3 Å². The number of hydrogen-bond donors (Lipinski definition) is 1. The van der Waals surface area contributed by atoms with Crippen LogP contribution in [0, 0.1) is 13.8 Å². The Balaban J connectivity index is 2.94. The lowest BCUT2D eigenvalue weighted by Gasteiger charge is -2.15. The first kappa shape index (κ1) is 17.5. The minimum atomic E-state index is -3.70. The fraction of sp³-hybridized carbons (Fsp3) is 0.667. The van der Waals surface area contributed by atoms with Gasteiger partial charge in [0.2, 0.25) is 10.0 Å². The molecule has 0 saturated heterocycles. The summed E-state index contributed by atoms with van der Waals surface area (Å²) in [6.07, 6.45) is -0.359. The fourth-order valence-corrected chi connectivity index (χ4v) is 3.80. The van der Waals surface area contributed by atoms with Crippen molar-refractivity contribution in [2.75, 3.05) is 27.4 Å². The van der Waals surface area contributed by atoms with Crippen molar-refractivity contribution >= 4 is 21.6 Å². The van der Waals surface area contributed by atoms with Crippen LogP contribution in [0.5, 0.6) is 0 Å². The van der Waals surface area contributed by atoms with Crippen LogP contribution in [0.2, 0.25) is 0 Å². The molecule has 0 aromatic carbocycles. The molecule has 1 aromatic heterocycles. The van der Waals surface area contributed by atoms with Crippen LogP contribution >= 0.6 is 11.6 Å². The Kier molecular flexibility index (Phi) is 6.47. The van der Waals surface area contributed by atoms with Gasteiger partial charge < -0.3 is 13.9 Å². The topological polar surface area (TPSA) is 77.8 Å². The maximum absolute atomic E-state index is 12.3. The maximum atomic E-state index is 12.3. The van der Waals surface area contributed by atoms with Crippen LogP contribution in [0.1, 0.15) is 17.1 Å². The zero-order valence-electron chi connectivity index (χ0n) is 12.0. The average molecular weight is 326 g/mol. The summed E-state index contributed by atoms with van der Waals surface area (Å²) in [4.78, 5) is 0.109. The molecule has 0 spiro atoms. The number of methoxy groups -OCH3 is 2. The summed E-state index contributed by atoms with van der Waals surface area (Å²) in [5.41, 5.74) is 0.484. The third-order valence-corrected chi connectivity index (χ3v) is 4.80. The van der Waals surface area contributed by atoms with Gasteiger partial charge in [0, 0.05) is 26.3 Å². The van der Waals surface area contributed by atoms with E-state index in [0.717, 1.165) is 0 Å². The molecule has 116 valence electrons. The number of alkyl halides is 1. The summed E-state index contributed by atoms with van der Waals surface area (Å²) in [5, 5.41) is 0. The molecule has 0 bridgehead atoms. The molecule has 1 unspecified atom stereocenters. The molecule has 1 aromatic rings. The minimum Gasteiger partial charge on any atom is -0.465 e. The van der Waals surface area contributed by atoms with Crippen LogP contribution in [-0.2, 0) is 25.4 Å². The van der Waals surface area contributed by atoms with E-state index in [2.05, 4.69) is 4.72 Å². The third kappa shape index (κ3) is 3.95. The van der Waals surface area contributed by atoms with E-state index in [1.165, 1.54) is 14.2 Å². The Morgan fingerprint density at radius 3 is 2.45 bits per heavy atom. The first-order valence-electron chi connectivity index (χ1n) is 6.03. The van der Waals surface area contributed by atoms with Gasteiger partial charge in [-0.1, -0.05) is 0 Å². The molecule has 0 aliphatic rings. The molecule has 0 aliphatic heterocycles. The van der Waals surface area contributed by atoms with Crippen LogP contribution in [-0.4, -0.2) is 41.9 Å². The van der Waals surface area contributed by atoms with Crippen molar-refractivity contribution in [3.05, 3.63) is 17.1 Å². The molecule has 20 heavy (non-hydrogen) atoms. The second-order valence-electron chi connectivity index (χ2n) is 4.32. The number of furan rings is 1. The Morgan fingerprint density at radius 2 is 1.95 bits per heavy atom. The van der Waals surface area contributed by atoms with Crippen molar-refractivity contribution in [2.45, 2.75) is 30.7 Å². The van der Waals surface area contributed by atoms with Crippen molar-refractivity contribution in [3.63, 3.8) is 0 Å². The van der Waals surface area contributed by atoms with Crippen LogP contribution in [0.25, 0.3) is 0 Å². The first-order valence-corrected chi connectivity index (χ1v) is 8.05. The second-order valence-corrected chi connectivity index (χ2v) is 6.29. The van der Waals surface area contributed by atoms with E-state index in [0.29, 0.717) is 23.7 Å². The van der Waals surface area contributed by atoms with Crippen LogP contribution in [0.15, 0.2) is 9.31 Å². The monoisotopic (exact) mass is 325 g/mol. The summed E-state index contributed by atoms with van der Waals surface area (Å²) in [6.45, 7) is 3.69. The molecule has 0 amide bonds. The molecule has 1 rings (SSSR count). The fourth-order valence-electron chi connectivity index (χ4n) is 1.89. The van der Waals surface area contributed by atoms with E-state index >= 15 is 0 Å². The van der Waals surface area contributed by atoms with E-state index in [4.69, 9.17) is 25.5 Å². The quantitative estimate of drug-likeness (QED) is 0.734. The second kappa shape index (κ2) is 7.42. The highest BCUT2D eigenvalue weighted by atomic mass is 35.5. The first-order chi connectivity index (χ1) is 9.37. The lowest BCUT2D eigenvalue weighted by Crippen LogP contribution is -2.36. The summed E-state index contributed by atoms with van der Waals surface area (Å²) >= 11 is 5.80. The zero-order chi connectivity index (χ0) is 15.3. The molecular weight excluding hydrogens is 306 g/mol. The van der Waals surface area contributed by atoms with Crippen LogP contribution < -0.4 is 4.72 Å². The van der Waals surface area contributed by atoms with E-state index in [9.17, 15) is 8.42 Å². The van der Waals surface area contributed by atoms with E-state index in [-0.39, 0.29) is 23.4 Å². The number of sulfonamides is 1.